The van der Waals surface area contributed by atoms with Gasteiger partial charge in [0.15, 0.2) is 0 Å². The fraction of sp³-hybridized carbons (Fsp3) is 0.529. The third kappa shape index (κ3) is 4.22. The Bertz CT molecular complexity index is 564. The van der Waals surface area contributed by atoms with Crippen LogP contribution < -0.4 is 10.1 Å². The van der Waals surface area contributed by atoms with Crippen molar-refractivity contribution in [3.8, 4) is 5.75 Å². The van der Waals surface area contributed by atoms with Crippen LogP contribution in [-0.2, 0) is 9.53 Å². The number of ether oxygens (including phenoxy) is 2. The zero-order valence-corrected chi connectivity index (χ0v) is 13.5. The van der Waals surface area contributed by atoms with Crippen LogP contribution in [0.15, 0.2) is 24.3 Å². The molecule has 1 aliphatic carbocycles. The van der Waals surface area contributed by atoms with Crippen molar-refractivity contribution in [1.82, 2.24) is 5.32 Å². The van der Waals surface area contributed by atoms with Crippen LogP contribution in [0.4, 0.5) is 0 Å². The molecular formula is C17H23NO5. The summed E-state index contributed by atoms with van der Waals surface area (Å²) in [6.45, 7) is 0.151. The molecular weight excluding hydrogens is 298 g/mol. The van der Waals surface area contributed by atoms with Crippen molar-refractivity contribution in [3.05, 3.63) is 29.8 Å². The second-order valence-electron chi connectivity index (χ2n) is 5.90. The molecule has 1 aromatic rings. The quantitative estimate of drug-likeness (QED) is 0.803. The number of para-hydroxylation sites is 1. The Hall–Kier alpha value is -2.08. The highest BCUT2D eigenvalue weighted by Crippen LogP contribution is 2.32. The standard InChI is InChI=1S/C17H23NO5/c1-22-14-6-4-3-5-13(14)15(19)18-11-17(21)9-7-12(8-10-17)16(20)23-2/h3-6,12,21H,7-11H2,1-2H3,(H,18,19). The Labute approximate surface area is 135 Å². The molecule has 2 rings (SSSR count). The Kier molecular flexibility index (Phi) is 5.60. The summed E-state index contributed by atoms with van der Waals surface area (Å²) in [5.41, 5.74) is -0.552. The molecule has 1 amide bonds. The van der Waals surface area contributed by atoms with Crippen molar-refractivity contribution in [2.75, 3.05) is 20.8 Å². The lowest BCUT2D eigenvalue weighted by atomic mass is 9.78. The predicted octanol–water partition coefficient (Wildman–Crippen LogP) is 1.52. The van der Waals surface area contributed by atoms with E-state index in [0.717, 1.165) is 0 Å². The smallest absolute Gasteiger partial charge is 0.308 e. The van der Waals surface area contributed by atoms with Gasteiger partial charge in [-0.1, -0.05) is 12.1 Å². The van der Waals surface area contributed by atoms with Gasteiger partial charge >= 0.3 is 5.97 Å². The maximum atomic E-state index is 12.3. The number of hydrogen-bond donors (Lipinski definition) is 2. The average Bonchev–Trinajstić information content (AvgIpc) is 2.59. The largest absolute Gasteiger partial charge is 0.496 e. The van der Waals surface area contributed by atoms with Crippen LogP contribution in [0.3, 0.4) is 0 Å². The molecule has 0 atom stereocenters. The van der Waals surface area contributed by atoms with Crippen molar-refractivity contribution >= 4 is 11.9 Å². The van der Waals surface area contributed by atoms with Crippen LogP contribution in [0.2, 0.25) is 0 Å². The van der Waals surface area contributed by atoms with Gasteiger partial charge in [-0.15, -0.1) is 0 Å². The number of rotatable bonds is 5. The average molecular weight is 321 g/mol. The number of carbonyl (C=O) groups excluding carboxylic acids is 2. The Morgan fingerprint density at radius 3 is 2.52 bits per heavy atom. The van der Waals surface area contributed by atoms with E-state index in [2.05, 4.69) is 5.32 Å². The highest BCUT2D eigenvalue weighted by Gasteiger charge is 2.36. The zero-order valence-electron chi connectivity index (χ0n) is 13.5. The van der Waals surface area contributed by atoms with E-state index in [1.807, 2.05) is 0 Å². The van der Waals surface area contributed by atoms with Gasteiger partial charge in [0.2, 0.25) is 0 Å². The van der Waals surface area contributed by atoms with Crippen LogP contribution in [0.25, 0.3) is 0 Å². The summed E-state index contributed by atoms with van der Waals surface area (Å²) in [7, 11) is 2.88. The van der Waals surface area contributed by atoms with Crippen LogP contribution in [0.1, 0.15) is 36.0 Å². The summed E-state index contributed by atoms with van der Waals surface area (Å²) in [5.74, 6) is -0.187. The highest BCUT2D eigenvalue weighted by molar-refractivity contribution is 5.96. The third-order valence-electron chi connectivity index (χ3n) is 4.38. The van der Waals surface area contributed by atoms with Crippen molar-refractivity contribution in [1.29, 1.82) is 0 Å². The monoisotopic (exact) mass is 321 g/mol. The van der Waals surface area contributed by atoms with E-state index in [4.69, 9.17) is 9.47 Å². The van der Waals surface area contributed by atoms with Gasteiger partial charge in [0.05, 0.1) is 31.3 Å². The minimum absolute atomic E-state index is 0.151. The molecule has 0 bridgehead atoms. The number of aliphatic hydroxyl groups is 1. The van der Waals surface area contributed by atoms with Crippen molar-refractivity contribution < 1.29 is 24.2 Å². The van der Waals surface area contributed by atoms with Gasteiger partial charge in [0.1, 0.15) is 5.75 Å². The van der Waals surface area contributed by atoms with E-state index in [-0.39, 0.29) is 24.3 Å². The summed E-state index contributed by atoms with van der Waals surface area (Å²) < 4.78 is 9.90. The van der Waals surface area contributed by atoms with Crippen LogP contribution in [0, 0.1) is 5.92 Å². The summed E-state index contributed by atoms with van der Waals surface area (Å²) in [5, 5.41) is 13.3. The molecule has 0 spiro atoms. The summed E-state index contributed by atoms with van der Waals surface area (Å²) in [6, 6.07) is 6.93. The molecule has 0 heterocycles. The Morgan fingerprint density at radius 2 is 1.91 bits per heavy atom. The molecule has 2 N–H and O–H groups in total. The maximum Gasteiger partial charge on any atom is 0.308 e. The van der Waals surface area contributed by atoms with Gasteiger partial charge in [-0.05, 0) is 37.8 Å². The molecule has 23 heavy (non-hydrogen) atoms. The molecule has 1 aliphatic rings. The normalized spacial score (nSPS) is 23.9. The van der Waals surface area contributed by atoms with E-state index in [1.54, 1.807) is 24.3 Å². The van der Waals surface area contributed by atoms with Gasteiger partial charge in [0.25, 0.3) is 5.91 Å². The van der Waals surface area contributed by atoms with Crippen LogP contribution in [0.5, 0.6) is 5.75 Å². The number of esters is 1. The first-order valence-corrected chi connectivity index (χ1v) is 7.70. The molecule has 0 aliphatic heterocycles. The lowest BCUT2D eigenvalue weighted by Gasteiger charge is -2.35. The third-order valence-corrected chi connectivity index (χ3v) is 4.38. The van der Waals surface area contributed by atoms with E-state index in [9.17, 15) is 14.7 Å². The molecule has 0 radical (unpaired) electrons. The number of nitrogens with one attached hydrogen (secondary N) is 1. The fourth-order valence-electron chi connectivity index (χ4n) is 2.91. The Balaban J connectivity index is 1.90. The topological polar surface area (TPSA) is 84.9 Å². The first-order valence-electron chi connectivity index (χ1n) is 7.70. The Morgan fingerprint density at radius 1 is 1.26 bits per heavy atom. The van der Waals surface area contributed by atoms with Gasteiger partial charge in [0, 0.05) is 6.54 Å². The highest BCUT2D eigenvalue weighted by atomic mass is 16.5. The molecule has 0 saturated heterocycles. The molecule has 1 aromatic carbocycles. The van der Waals surface area contributed by atoms with Gasteiger partial charge in [-0.2, -0.15) is 0 Å². The van der Waals surface area contributed by atoms with Crippen molar-refractivity contribution in [3.63, 3.8) is 0 Å². The molecule has 0 aromatic heterocycles. The van der Waals surface area contributed by atoms with E-state index >= 15 is 0 Å². The zero-order chi connectivity index (χ0) is 16.9. The van der Waals surface area contributed by atoms with E-state index in [0.29, 0.717) is 37.0 Å². The first kappa shape index (κ1) is 17.3. The number of amides is 1. The van der Waals surface area contributed by atoms with E-state index < -0.39 is 5.60 Å². The van der Waals surface area contributed by atoms with Crippen molar-refractivity contribution in [2.45, 2.75) is 31.3 Å². The molecule has 126 valence electrons. The molecule has 1 fully saturated rings. The molecule has 6 nitrogen and oxygen atoms in total. The number of methoxy groups -OCH3 is 2. The van der Waals surface area contributed by atoms with Crippen LogP contribution >= 0.6 is 0 Å². The van der Waals surface area contributed by atoms with Gasteiger partial charge in [-0.25, -0.2) is 0 Å². The van der Waals surface area contributed by atoms with E-state index in [1.165, 1.54) is 14.2 Å². The minimum atomic E-state index is -0.984. The van der Waals surface area contributed by atoms with Gasteiger partial charge < -0.3 is 19.9 Å². The summed E-state index contributed by atoms with van der Waals surface area (Å²) in [6.07, 6.45) is 2.04. The maximum absolute atomic E-state index is 12.3. The lowest BCUT2D eigenvalue weighted by molar-refractivity contribution is -0.148. The lowest BCUT2D eigenvalue weighted by Crippen LogP contribution is -2.46. The minimum Gasteiger partial charge on any atom is -0.496 e. The second kappa shape index (κ2) is 7.46. The van der Waals surface area contributed by atoms with Gasteiger partial charge in [-0.3, -0.25) is 9.59 Å². The fourth-order valence-corrected chi connectivity index (χ4v) is 2.91. The number of hydrogen-bond acceptors (Lipinski definition) is 5. The van der Waals surface area contributed by atoms with Crippen molar-refractivity contribution in [2.24, 2.45) is 5.92 Å². The summed E-state index contributed by atoms with van der Waals surface area (Å²) >= 11 is 0. The SMILES string of the molecule is COC(=O)C1CCC(O)(CNC(=O)c2ccccc2OC)CC1. The van der Waals surface area contributed by atoms with Crippen LogP contribution in [-0.4, -0.2) is 43.3 Å². The molecule has 1 saturated carbocycles. The molecule has 0 unspecified atom stereocenters. The predicted molar refractivity (Wildman–Crippen MR) is 84.3 cm³/mol. The number of benzene rings is 1. The summed E-state index contributed by atoms with van der Waals surface area (Å²) in [4.78, 5) is 23.8. The second-order valence-corrected chi connectivity index (χ2v) is 5.90. The molecule has 6 heteroatoms. The first-order chi connectivity index (χ1) is 11.0. The number of carbonyl (C=O) groups is 2.